The molecule has 1 aliphatic rings. The zero-order valence-electron chi connectivity index (χ0n) is 9.49. The summed E-state index contributed by atoms with van der Waals surface area (Å²) < 4.78 is 12.6. The summed E-state index contributed by atoms with van der Waals surface area (Å²) in [6, 6.07) is 13.9. The van der Waals surface area contributed by atoms with Crippen molar-refractivity contribution >= 4 is 0 Å². The first-order chi connectivity index (χ1) is 8.29. The van der Waals surface area contributed by atoms with Crippen molar-refractivity contribution in [3.63, 3.8) is 0 Å². The van der Waals surface area contributed by atoms with Gasteiger partial charge in [0.1, 0.15) is 6.67 Å². The van der Waals surface area contributed by atoms with E-state index >= 15 is 0 Å². The van der Waals surface area contributed by atoms with Gasteiger partial charge in [0.25, 0.3) is 0 Å². The van der Waals surface area contributed by atoms with Crippen LogP contribution in [-0.2, 0) is 6.42 Å². The molecule has 0 heterocycles. The predicted octanol–water partition coefficient (Wildman–Crippen LogP) is 3.23. The molecule has 2 aromatic rings. The van der Waals surface area contributed by atoms with Gasteiger partial charge in [0.15, 0.2) is 0 Å². The Hall–Kier alpha value is -1.67. The van der Waals surface area contributed by atoms with Crippen LogP contribution in [-0.4, -0.2) is 6.67 Å². The Labute approximate surface area is 100 Å². The van der Waals surface area contributed by atoms with E-state index in [0.29, 0.717) is 0 Å². The molecule has 0 unspecified atom stereocenters. The molecule has 0 amide bonds. The fourth-order valence-electron chi connectivity index (χ4n) is 2.48. The minimum atomic E-state index is -0.508. The molecule has 3 rings (SSSR count). The van der Waals surface area contributed by atoms with Crippen LogP contribution in [0.2, 0.25) is 0 Å². The molecule has 0 saturated heterocycles. The summed E-state index contributed by atoms with van der Waals surface area (Å²) in [6.45, 7) is -0.508. The van der Waals surface area contributed by atoms with Crippen molar-refractivity contribution in [1.82, 2.24) is 0 Å². The molecular formula is C15H14FN. The molecule has 2 N–H and O–H groups in total. The third kappa shape index (κ3) is 1.65. The predicted molar refractivity (Wildman–Crippen MR) is 67.6 cm³/mol. The number of nitrogens with two attached hydrogens (primary N) is 1. The van der Waals surface area contributed by atoms with E-state index in [9.17, 15) is 4.39 Å². The summed E-state index contributed by atoms with van der Waals surface area (Å²) in [7, 11) is 0. The van der Waals surface area contributed by atoms with Gasteiger partial charge >= 0.3 is 0 Å². The molecule has 86 valence electrons. The van der Waals surface area contributed by atoms with E-state index in [0.717, 1.165) is 12.0 Å². The lowest BCUT2D eigenvalue weighted by Gasteiger charge is -2.09. The minimum absolute atomic E-state index is 0.496. The van der Waals surface area contributed by atoms with Crippen molar-refractivity contribution in [2.24, 2.45) is 5.73 Å². The Bertz CT molecular complexity index is 563. The Kier molecular flexibility index (Phi) is 2.45. The van der Waals surface area contributed by atoms with E-state index in [1.54, 1.807) is 0 Å². The smallest absolute Gasteiger partial charge is 0.109 e. The van der Waals surface area contributed by atoms with Crippen molar-refractivity contribution in [1.29, 1.82) is 0 Å². The highest BCUT2D eigenvalue weighted by Gasteiger charge is 2.18. The van der Waals surface area contributed by atoms with Crippen LogP contribution in [0.15, 0.2) is 42.5 Å². The zero-order valence-corrected chi connectivity index (χ0v) is 9.49. The lowest BCUT2D eigenvalue weighted by molar-refractivity contribution is 0.437. The lowest BCUT2D eigenvalue weighted by Crippen LogP contribution is -2.12. The first-order valence-electron chi connectivity index (χ1n) is 5.82. The van der Waals surface area contributed by atoms with Gasteiger partial charge in [-0.15, -0.1) is 0 Å². The number of halogens is 1. The summed E-state index contributed by atoms with van der Waals surface area (Å²) in [5.41, 5.74) is 11.8. The van der Waals surface area contributed by atoms with Gasteiger partial charge in [0, 0.05) is 0 Å². The number of hydrogen-bond acceptors (Lipinski definition) is 1. The van der Waals surface area contributed by atoms with E-state index in [4.69, 9.17) is 5.73 Å². The quantitative estimate of drug-likeness (QED) is 0.714. The Balaban J connectivity index is 2.07. The number of alkyl halides is 1. The Morgan fingerprint density at radius 1 is 1.06 bits per heavy atom. The van der Waals surface area contributed by atoms with Crippen LogP contribution < -0.4 is 5.73 Å². The number of rotatable bonds is 2. The fourth-order valence-corrected chi connectivity index (χ4v) is 2.48. The molecule has 0 fully saturated rings. The van der Waals surface area contributed by atoms with E-state index in [-0.39, 0.29) is 0 Å². The number of benzene rings is 2. The Morgan fingerprint density at radius 3 is 2.65 bits per heavy atom. The second-order valence-corrected chi connectivity index (χ2v) is 4.51. The third-order valence-electron chi connectivity index (χ3n) is 3.41. The lowest BCUT2D eigenvalue weighted by atomic mass is 10.0. The van der Waals surface area contributed by atoms with Crippen LogP contribution in [0.4, 0.5) is 4.39 Å². The summed E-state index contributed by atoms with van der Waals surface area (Å²) >= 11 is 0. The first-order valence-corrected chi connectivity index (χ1v) is 5.82. The van der Waals surface area contributed by atoms with Crippen LogP contribution in [0.3, 0.4) is 0 Å². The maximum Gasteiger partial charge on any atom is 0.109 e. The normalized spacial score (nSPS) is 14.2. The molecule has 0 bridgehead atoms. The highest BCUT2D eigenvalue weighted by molar-refractivity contribution is 5.76. The van der Waals surface area contributed by atoms with Crippen LogP contribution in [0.5, 0.6) is 0 Å². The molecule has 1 aliphatic carbocycles. The van der Waals surface area contributed by atoms with Crippen molar-refractivity contribution in [3.05, 3.63) is 59.2 Å². The summed E-state index contributed by atoms with van der Waals surface area (Å²) in [6.07, 6.45) is 0.929. The van der Waals surface area contributed by atoms with Gasteiger partial charge in [0.05, 0.1) is 6.04 Å². The van der Waals surface area contributed by atoms with Crippen LogP contribution in [0.25, 0.3) is 11.1 Å². The standard InChI is InChI=1S/C15H14FN/c16-9-15(17)11-5-6-14-12(8-11)7-10-3-1-2-4-13(10)14/h1-6,8,15H,7,9,17H2/t15-/m1/s1. The Morgan fingerprint density at radius 2 is 1.82 bits per heavy atom. The molecule has 0 radical (unpaired) electrons. The molecule has 0 aliphatic heterocycles. The molecular weight excluding hydrogens is 213 g/mol. The number of fused-ring (bicyclic) bond motifs is 3. The molecule has 2 aromatic carbocycles. The van der Waals surface area contributed by atoms with Crippen LogP contribution in [0.1, 0.15) is 22.7 Å². The van der Waals surface area contributed by atoms with Gasteiger partial charge in [-0.1, -0.05) is 42.5 Å². The second-order valence-electron chi connectivity index (χ2n) is 4.51. The first kappa shape index (κ1) is 10.5. The van der Waals surface area contributed by atoms with Gasteiger partial charge in [-0.2, -0.15) is 0 Å². The van der Waals surface area contributed by atoms with Gasteiger partial charge in [-0.3, -0.25) is 0 Å². The third-order valence-corrected chi connectivity index (χ3v) is 3.41. The largest absolute Gasteiger partial charge is 0.322 e. The van der Waals surface area contributed by atoms with E-state index < -0.39 is 12.7 Å². The molecule has 1 nitrogen and oxygen atoms in total. The maximum atomic E-state index is 12.6. The average molecular weight is 227 g/mol. The van der Waals surface area contributed by atoms with Crippen molar-refractivity contribution in [3.8, 4) is 11.1 Å². The molecule has 17 heavy (non-hydrogen) atoms. The molecule has 1 atom stereocenters. The topological polar surface area (TPSA) is 26.0 Å². The van der Waals surface area contributed by atoms with Crippen molar-refractivity contribution in [2.75, 3.05) is 6.67 Å². The van der Waals surface area contributed by atoms with Crippen LogP contribution in [0, 0.1) is 0 Å². The average Bonchev–Trinajstić information content (AvgIpc) is 2.75. The second kappa shape index (κ2) is 3.97. The van der Waals surface area contributed by atoms with E-state index in [2.05, 4.69) is 30.3 Å². The number of hydrogen-bond donors (Lipinski definition) is 1. The van der Waals surface area contributed by atoms with E-state index in [1.807, 2.05) is 12.1 Å². The molecule has 0 aromatic heterocycles. The van der Waals surface area contributed by atoms with Gasteiger partial charge in [-0.25, -0.2) is 4.39 Å². The highest BCUT2D eigenvalue weighted by atomic mass is 19.1. The monoisotopic (exact) mass is 227 g/mol. The maximum absolute atomic E-state index is 12.6. The minimum Gasteiger partial charge on any atom is -0.322 e. The fraction of sp³-hybridized carbons (Fsp3) is 0.200. The van der Waals surface area contributed by atoms with Gasteiger partial charge in [0.2, 0.25) is 0 Å². The SMILES string of the molecule is N[C@H](CF)c1ccc2c(c1)Cc1ccccc1-2. The van der Waals surface area contributed by atoms with Crippen molar-refractivity contribution in [2.45, 2.75) is 12.5 Å². The molecule has 2 heteroatoms. The summed E-state index contributed by atoms with van der Waals surface area (Å²) in [4.78, 5) is 0. The molecule has 0 saturated carbocycles. The summed E-state index contributed by atoms with van der Waals surface area (Å²) in [5, 5.41) is 0. The zero-order chi connectivity index (χ0) is 11.8. The van der Waals surface area contributed by atoms with Crippen molar-refractivity contribution < 1.29 is 4.39 Å². The van der Waals surface area contributed by atoms with Gasteiger partial charge < -0.3 is 5.73 Å². The highest BCUT2D eigenvalue weighted by Crippen LogP contribution is 2.37. The molecule has 0 spiro atoms. The van der Waals surface area contributed by atoms with Gasteiger partial charge in [-0.05, 0) is 34.2 Å². The van der Waals surface area contributed by atoms with E-state index in [1.165, 1.54) is 22.3 Å². The van der Waals surface area contributed by atoms with Crippen LogP contribution >= 0.6 is 0 Å². The summed E-state index contributed by atoms with van der Waals surface area (Å²) in [5.74, 6) is 0.